The van der Waals surface area contributed by atoms with Crippen molar-refractivity contribution in [1.29, 1.82) is 0 Å². The van der Waals surface area contributed by atoms with Crippen molar-refractivity contribution < 1.29 is 10.2 Å². The van der Waals surface area contributed by atoms with E-state index in [1.54, 1.807) is 0 Å². The van der Waals surface area contributed by atoms with Gasteiger partial charge in [-0.15, -0.1) is 0 Å². The van der Waals surface area contributed by atoms with Gasteiger partial charge in [-0.05, 0) is 50.8 Å². The maximum absolute atomic E-state index is 9.31. The minimum atomic E-state index is -0.564. The molecule has 1 aromatic carbocycles. The molecule has 4 N–H and O–H groups in total. The minimum Gasteiger partial charge on any atom is -0.394 e. The van der Waals surface area contributed by atoms with Gasteiger partial charge in [0.25, 0.3) is 0 Å². The van der Waals surface area contributed by atoms with Crippen LogP contribution in [0, 0.1) is 0 Å². The van der Waals surface area contributed by atoms with Crippen LogP contribution in [-0.2, 0) is 6.42 Å². The molecule has 1 aromatic rings. The molecule has 0 saturated heterocycles. The third-order valence-electron chi connectivity index (χ3n) is 3.70. The number of aliphatic hydroxyl groups is 2. The summed E-state index contributed by atoms with van der Waals surface area (Å²) in [7, 11) is 0. The molecule has 4 nitrogen and oxygen atoms in total. The van der Waals surface area contributed by atoms with Crippen molar-refractivity contribution in [3.05, 3.63) is 35.9 Å². The monoisotopic (exact) mass is 294 g/mol. The SMILES string of the molecule is NCCN(CCCCC(O)CO)CCCc1ccccc1. The Morgan fingerprint density at radius 1 is 1.00 bits per heavy atom. The van der Waals surface area contributed by atoms with Crippen molar-refractivity contribution in [3.63, 3.8) is 0 Å². The van der Waals surface area contributed by atoms with Gasteiger partial charge in [0.2, 0.25) is 0 Å². The molecule has 4 heteroatoms. The van der Waals surface area contributed by atoms with E-state index >= 15 is 0 Å². The number of unbranched alkanes of at least 4 members (excludes halogenated alkanes) is 1. The number of aliphatic hydroxyl groups excluding tert-OH is 2. The Bertz CT molecular complexity index is 346. The van der Waals surface area contributed by atoms with Crippen molar-refractivity contribution >= 4 is 0 Å². The molecule has 0 aliphatic carbocycles. The van der Waals surface area contributed by atoms with E-state index in [0.29, 0.717) is 13.0 Å². The lowest BCUT2D eigenvalue weighted by Gasteiger charge is -2.21. The molecule has 0 spiro atoms. The van der Waals surface area contributed by atoms with E-state index in [2.05, 4.69) is 29.2 Å². The number of nitrogens with two attached hydrogens (primary N) is 1. The summed E-state index contributed by atoms with van der Waals surface area (Å²) in [5, 5.41) is 18.1. The Hall–Kier alpha value is -0.940. The Morgan fingerprint density at radius 2 is 1.71 bits per heavy atom. The van der Waals surface area contributed by atoms with Crippen molar-refractivity contribution in [1.82, 2.24) is 4.90 Å². The third kappa shape index (κ3) is 8.83. The molecule has 0 aliphatic heterocycles. The van der Waals surface area contributed by atoms with Crippen LogP contribution >= 0.6 is 0 Å². The highest BCUT2D eigenvalue weighted by molar-refractivity contribution is 5.14. The number of nitrogens with zero attached hydrogens (tertiary/aromatic N) is 1. The Labute approximate surface area is 128 Å². The predicted molar refractivity (Wildman–Crippen MR) is 87.2 cm³/mol. The third-order valence-corrected chi connectivity index (χ3v) is 3.70. The number of rotatable bonds is 12. The molecule has 0 amide bonds. The highest BCUT2D eigenvalue weighted by Gasteiger charge is 2.06. The molecule has 0 aromatic heterocycles. The summed E-state index contributed by atoms with van der Waals surface area (Å²) in [6.07, 6.45) is 4.35. The molecular weight excluding hydrogens is 264 g/mol. The van der Waals surface area contributed by atoms with E-state index in [-0.39, 0.29) is 6.61 Å². The molecule has 21 heavy (non-hydrogen) atoms. The van der Waals surface area contributed by atoms with Gasteiger partial charge in [0.05, 0.1) is 12.7 Å². The lowest BCUT2D eigenvalue weighted by Crippen LogP contribution is -2.31. The molecule has 1 rings (SSSR count). The van der Waals surface area contributed by atoms with E-state index in [1.165, 1.54) is 5.56 Å². The van der Waals surface area contributed by atoms with Crippen LogP contribution in [0.1, 0.15) is 31.2 Å². The quantitative estimate of drug-likeness (QED) is 0.510. The second-order valence-corrected chi connectivity index (χ2v) is 5.55. The van der Waals surface area contributed by atoms with Gasteiger partial charge in [-0.1, -0.05) is 30.3 Å². The van der Waals surface area contributed by atoms with Crippen LogP contribution in [-0.4, -0.2) is 54.0 Å². The number of benzene rings is 1. The first kappa shape index (κ1) is 18.1. The lowest BCUT2D eigenvalue weighted by atomic mass is 10.1. The summed E-state index contributed by atoms with van der Waals surface area (Å²) >= 11 is 0. The second-order valence-electron chi connectivity index (χ2n) is 5.55. The highest BCUT2D eigenvalue weighted by Crippen LogP contribution is 2.06. The van der Waals surface area contributed by atoms with Crippen molar-refractivity contribution in [2.75, 3.05) is 32.8 Å². The van der Waals surface area contributed by atoms with Crippen molar-refractivity contribution in [3.8, 4) is 0 Å². The molecule has 0 saturated carbocycles. The van der Waals surface area contributed by atoms with Gasteiger partial charge in [0.1, 0.15) is 0 Å². The van der Waals surface area contributed by atoms with Crippen LogP contribution in [0.25, 0.3) is 0 Å². The standard InChI is InChI=1S/C17H30N2O2/c18-11-14-19(12-5-4-10-17(21)15-20)13-6-9-16-7-2-1-3-8-16/h1-3,7-8,17,20-21H,4-6,9-15,18H2. The van der Waals surface area contributed by atoms with Gasteiger partial charge in [-0.2, -0.15) is 0 Å². The normalized spacial score (nSPS) is 12.8. The van der Waals surface area contributed by atoms with Gasteiger partial charge in [-0.3, -0.25) is 0 Å². The Kier molecular flexibility index (Phi) is 10.1. The largest absolute Gasteiger partial charge is 0.394 e. The zero-order chi connectivity index (χ0) is 15.3. The zero-order valence-electron chi connectivity index (χ0n) is 13.0. The average molecular weight is 294 g/mol. The molecule has 0 radical (unpaired) electrons. The summed E-state index contributed by atoms with van der Waals surface area (Å²) in [5.74, 6) is 0. The van der Waals surface area contributed by atoms with E-state index in [9.17, 15) is 5.11 Å². The number of hydrogen-bond acceptors (Lipinski definition) is 4. The summed E-state index contributed by atoms with van der Waals surface area (Å²) in [5.41, 5.74) is 7.06. The van der Waals surface area contributed by atoms with Crippen LogP contribution in [0.2, 0.25) is 0 Å². The zero-order valence-corrected chi connectivity index (χ0v) is 13.0. The molecule has 0 fully saturated rings. The Balaban J connectivity index is 2.17. The first-order valence-electron chi connectivity index (χ1n) is 8.01. The fourth-order valence-electron chi connectivity index (χ4n) is 2.48. The molecule has 0 heterocycles. The molecule has 1 atom stereocenters. The van der Waals surface area contributed by atoms with Gasteiger partial charge >= 0.3 is 0 Å². The second kappa shape index (κ2) is 11.7. The molecule has 0 bridgehead atoms. The highest BCUT2D eigenvalue weighted by atomic mass is 16.3. The first-order chi connectivity index (χ1) is 10.3. The molecule has 0 aliphatic rings. The van der Waals surface area contributed by atoms with Crippen molar-refractivity contribution in [2.24, 2.45) is 5.73 Å². The summed E-state index contributed by atoms with van der Waals surface area (Å²) < 4.78 is 0. The fraction of sp³-hybridized carbons (Fsp3) is 0.647. The first-order valence-corrected chi connectivity index (χ1v) is 8.01. The van der Waals surface area contributed by atoms with Gasteiger partial charge in [0.15, 0.2) is 0 Å². The summed E-state index contributed by atoms with van der Waals surface area (Å²) in [6.45, 7) is 3.56. The summed E-state index contributed by atoms with van der Waals surface area (Å²) in [4.78, 5) is 2.40. The average Bonchev–Trinajstić information content (AvgIpc) is 2.52. The number of aryl methyl sites for hydroxylation is 1. The van der Waals surface area contributed by atoms with Gasteiger partial charge in [-0.25, -0.2) is 0 Å². The fourth-order valence-corrected chi connectivity index (χ4v) is 2.48. The Morgan fingerprint density at radius 3 is 2.38 bits per heavy atom. The topological polar surface area (TPSA) is 69.7 Å². The maximum atomic E-state index is 9.31. The van der Waals surface area contributed by atoms with Crippen LogP contribution in [0.5, 0.6) is 0 Å². The van der Waals surface area contributed by atoms with Crippen molar-refractivity contribution in [2.45, 2.75) is 38.2 Å². The maximum Gasteiger partial charge on any atom is 0.0770 e. The predicted octanol–water partition coefficient (Wildman–Crippen LogP) is 1.40. The van der Waals surface area contributed by atoms with E-state index in [1.807, 2.05) is 6.07 Å². The van der Waals surface area contributed by atoms with Gasteiger partial charge < -0.3 is 20.8 Å². The summed E-state index contributed by atoms with van der Waals surface area (Å²) in [6, 6.07) is 10.6. The molecule has 120 valence electrons. The molecular formula is C17H30N2O2. The van der Waals surface area contributed by atoms with Crippen LogP contribution in [0.4, 0.5) is 0 Å². The van der Waals surface area contributed by atoms with E-state index in [0.717, 1.165) is 45.3 Å². The number of hydrogen-bond donors (Lipinski definition) is 3. The van der Waals surface area contributed by atoms with Crippen LogP contribution < -0.4 is 5.73 Å². The minimum absolute atomic E-state index is 0.135. The smallest absolute Gasteiger partial charge is 0.0770 e. The molecule has 1 unspecified atom stereocenters. The van der Waals surface area contributed by atoms with Crippen LogP contribution in [0.15, 0.2) is 30.3 Å². The van der Waals surface area contributed by atoms with Gasteiger partial charge in [0, 0.05) is 13.1 Å². The van der Waals surface area contributed by atoms with E-state index in [4.69, 9.17) is 10.8 Å². The van der Waals surface area contributed by atoms with Crippen LogP contribution in [0.3, 0.4) is 0 Å². The lowest BCUT2D eigenvalue weighted by molar-refractivity contribution is 0.0852. The van der Waals surface area contributed by atoms with E-state index < -0.39 is 6.10 Å².